The second-order valence-corrected chi connectivity index (χ2v) is 8.57. The van der Waals surface area contributed by atoms with Crippen molar-refractivity contribution in [2.75, 3.05) is 42.7 Å². The van der Waals surface area contributed by atoms with Crippen LogP contribution in [0.5, 0.6) is 0 Å². The summed E-state index contributed by atoms with van der Waals surface area (Å²) in [5, 5.41) is 0. The quantitative estimate of drug-likeness (QED) is 0.708. The molecule has 2 saturated heterocycles. The molecule has 2 aromatic carbocycles. The molecule has 7 heteroatoms. The minimum Gasteiger partial charge on any atom is -0.368 e. The standard InChI is InChI=1S/C23H25N3O3S/c1-17(27)18-7-9-20(10-8-18)24-11-13-25(14-12-24)23(29)21-15-30-16-26(21)22(28)19-5-3-2-4-6-19/h2-10,21H,11-16H2,1H3/t21-/m0/s1. The van der Waals surface area contributed by atoms with Crippen molar-refractivity contribution in [2.45, 2.75) is 13.0 Å². The van der Waals surface area contributed by atoms with Gasteiger partial charge in [-0.3, -0.25) is 14.4 Å². The van der Waals surface area contributed by atoms with Crippen LogP contribution in [-0.4, -0.2) is 71.2 Å². The number of anilines is 1. The highest BCUT2D eigenvalue weighted by molar-refractivity contribution is 7.99. The first-order chi connectivity index (χ1) is 14.5. The van der Waals surface area contributed by atoms with Crippen LogP contribution < -0.4 is 4.90 Å². The summed E-state index contributed by atoms with van der Waals surface area (Å²) < 4.78 is 0. The first kappa shape index (κ1) is 20.5. The minimum atomic E-state index is -0.399. The van der Waals surface area contributed by atoms with E-state index in [1.807, 2.05) is 47.4 Å². The lowest BCUT2D eigenvalue weighted by Gasteiger charge is -2.38. The van der Waals surface area contributed by atoms with E-state index < -0.39 is 6.04 Å². The Morgan fingerprint density at radius 1 is 0.867 bits per heavy atom. The number of rotatable bonds is 4. The molecular formula is C23H25N3O3S. The monoisotopic (exact) mass is 423 g/mol. The number of ketones is 1. The van der Waals surface area contributed by atoms with Gasteiger partial charge in [0.25, 0.3) is 5.91 Å². The van der Waals surface area contributed by atoms with Crippen LogP contribution in [0.4, 0.5) is 5.69 Å². The van der Waals surface area contributed by atoms with Crippen LogP contribution in [0, 0.1) is 0 Å². The molecule has 0 bridgehead atoms. The minimum absolute atomic E-state index is 0.0378. The van der Waals surface area contributed by atoms with Crippen LogP contribution >= 0.6 is 11.8 Å². The zero-order valence-electron chi connectivity index (χ0n) is 17.0. The van der Waals surface area contributed by atoms with E-state index >= 15 is 0 Å². The number of carbonyl (C=O) groups excluding carboxylic acids is 3. The van der Waals surface area contributed by atoms with Crippen molar-refractivity contribution >= 4 is 35.0 Å². The largest absolute Gasteiger partial charge is 0.368 e. The number of nitrogens with zero attached hydrogens (tertiary/aromatic N) is 3. The molecule has 1 atom stereocenters. The number of piperazine rings is 1. The Labute approximate surface area is 180 Å². The van der Waals surface area contributed by atoms with E-state index in [2.05, 4.69) is 4.90 Å². The number of thioether (sulfide) groups is 1. The van der Waals surface area contributed by atoms with Crippen LogP contribution in [-0.2, 0) is 4.79 Å². The third-order valence-corrected chi connectivity index (χ3v) is 6.69. The Kier molecular flexibility index (Phi) is 6.08. The van der Waals surface area contributed by atoms with Gasteiger partial charge in [0.2, 0.25) is 5.91 Å². The third-order valence-electron chi connectivity index (χ3n) is 5.68. The summed E-state index contributed by atoms with van der Waals surface area (Å²) in [6, 6.07) is 16.4. The molecule has 2 aliphatic rings. The summed E-state index contributed by atoms with van der Waals surface area (Å²) >= 11 is 1.63. The molecule has 2 fully saturated rings. The van der Waals surface area contributed by atoms with Gasteiger partial charge >= 0.3 is 0 Å². The van der Waals surface area contributed by atoms with Gasteiger partial charge in [0.15, 0.2) is 5.78 Å². The van der Waals surface area contributed by atoms with Gasteiger partial charge in [-0.2, -0.15) is 0 Å². The van der Waals surface area contributed by atoms with Crippen molar-refractivity contribution < 1.29 is 14.4 Å². The van der Waals surface area contributed by atoms with Crippen molar-refractivity contribution in [2.24, 2.45) is 0 Å². The van der Waals surface area contributed by atoms with E-state index in [1.54, 1.807) is 35.7 Å². The summed E-state index contributed by atoms with van der Waals surface area (Å²) in [7, 11) is 0. The number of carbonyl (C=O) groups is 3. The Morgan fingerprint density at radius 3 is 2.17 bits per heavy atom. The van der Waals surface area contributed by atoms with Crippen LogP contribution in [0.25, 0.3) is 0 Å². The van der Waals surface area contributed by atoms with E-state index in [-0.39, 0.29) is 17.6 Å². The second kappa shape index (κ2) is 8.92. The predicted molar refractivity (Wildman–Crippen MR) is 119 cm³/mol. The fourth-order valence-corrected chi connectivity index (χ4v) is 5.04. The topological polar surface area (TPSA) is 60.9 Å². The first-order valence-corrected chi connectivity index (χ1v) is 11.3. The van der Waals surface area contributed by atoms with Gasteiger partial charge in [0.05, 0.1) is 5.88 Å². The maximum atomic E-state index is 13.2. The number of Topliss-reactive ketones (excluding diaryl/α,β-unsaturated/α-hetero) is 1. The molecule has 30 heavy (non-hydrogen) atoms. The smallest absolute Gasteiger partial charge is 0.255 e. The lowest BCUT2D eigenvalue weighted by Crippen LogP contribution is -2.55. The first-order valence-electron chi connectivity index (χ1n) is 10.1. The van der Waals surface area contributed by atoms with E-state index in [0.717, 1.165) is 18.8 Å². The van der Waals surface area contributed by atoms with E-state index in [9.17, 15) is 14.4 Å². The van der Waals surface area contributed by atoms with Gasteiger partial charge in [-0.25, -0.2) is 0 Å². The Bertz CT molecular complexity index is 924. The third kappa shape index (κ3) is 4.21. The summed E-state index contributed by atoms with van der Waals surface area (Å²) in [6.07, 6.45) is 0. The molecule has 0 aromatic heterocycles. The van der Waals surface area contributed by atoms with Crippen LogP contribution in [0.3, 0.4) is 0 Å². The van der Waals surface area contributed by atoms with Gasteiger partial charge in [-0.1, -0.05) is 18.2 Å². The van der Waals surface area contributed by atoms with Gasteiger partial charge in [0, 0.05) is 48.7 Å². The van der Waals surface area contributed by atoms with Gasteiger partial charge in [-0.15, -0.1) is 11.8 Å². The maximum absolute atomic E-state index is 13.2. The molecule has 2 amide bonds. The highest BCUT2D eigenvalue weighted by Crippen LogP contribution is 2.26. The molecule has 0 aliphatic carbocycles. The average Bonchev–Trinajstić information content (AvgIpc) is 3.29. The zero-order chi connectivity index (χ0) is 21.1. The fourth-order valence-electron chi connectivity index (χ4n) is 3.90. The highest BCUT2D eigenvalue weighted by Gasteiger charge is 2.38. The molecule has 0 spiro atoms. The Balaban J connectivity index is 1.37. The maximum Gasteiger partial charge on any atom is 0.255 e. The van der Waals surface area contributed by atoms with Gasteiger partial charge < -0.3 is 14.7 Å². The molecule has 4 rings (SSSR count). The van der Waals surface area contributed by atoms with Crippen molar-refractivity contribution in [3.63, 3.8) is 0 Å². The summed E-state index contributed by atoms with van der Waals surface area (Å²) in [5.41, 5.74) is 2.38. The van der Waals surface area contributed by atoms with Crippen molar-refractivity contribution in [1.29, 1.82) is 0 Å². The SMILES string of the molecule is CC(=O)c1ccc(N2CCN(C(=O)[C@@H]3CSCN3C(=O)c3ccccc3)CC2)cc1. The Morgan fingerprint density at radius 2 is 1.53 bits per heavy atom. The lowest BCUT2D eigenvalue weighted by atomic mass is 10.1. The molecule has 2 aromatic rings. The van der Waals surface area contributed by atoms with Crippen molar-refractivity contribution in [3.05, 3.63) is 65.7 Å². The van der Waals surface area contributed by atoms with Crippen LogP contribution in [0.15, 0.2) is 54.6 Å². The summed E-state index contributed by atoms with van der Waals surface area (Å²) in [4.78, 5) is 43.3. The van der Waals surface area contributed by atoms with Crippen molar-refractivity contribution in [1.82, 2.24) is 9.80 Å². The number of amides is 2. The number of hydrogen-bond donors (Lipinski definition) is 0. The molecule has 2 heterocycles. The zero-order valence-corrected chi connectivity index (χ0v) is 17.8. The molecular weight excluding hydrogens is 398 g/mol. The van der Waals surface area contributed by atoms with Crippen LogP contribution in [0.2, 0.25) is 0 Å². The highest BCUT2D eigenvalue weighted by atomic mass is 32.2. The molecule has 0 radical (unpaired) electrons. The fraction of sp³-hybridized carbons (Fsp3) is 0.348. The molecule has 6 nitrogen and oxygen atoms in total. The van der Waals surface area contributed by atoms with E-state index in [4.69, 9.17) is 0 Å². The molecule has 2 aliphatic heterocycles. The molecule has 156 valence electrons. The lowest BCUT2D eigenvalue weighted by molar-refractivity contribution is -0.135. The predicted octanol–water partition coefficient (Wildman–Crippen LogP) is 2.75. The van der Waals surface area contributed by atoms with Crippen molar-refractivity contribution in [3.8, 4) is 0 Å². The Hall–Kier alpha value is -2.80. The number of benzene rings is 2. The summed E-state index contributed by atoms with van der Waals surface area (Å²) in [6.45, 7) is 4.28. The second-order valence-electron chi connectivity index (χ2n) is 7.57. The molecule has 0 saturated carbocycles. The number of hydrogen-bond acceptors (Lipinski definition) is 5. The summed E-state index contributed by atoms with van der Waals surface area (Å²) in [5.74, 6) is 1.21. The van der Waals surface area contributed by atoms with Gasteiger partial charge in [-0.05, 0) is 43.3 Å². The van der Waals surface area contributed by atoms with Crippen LogP contribution in [0.1, 0.15) is 27.6 Å². The average molecular weight is 424 g/mol. The normalized spacial score (nSPS) is 19.1. The van der Waals surface area contributed by atoms with Gasteiger partial charge in [0.1, 0.15) is 6.04 Å². The molecule has 0 N–H and O–H groups in total. The van der Waals surface area contributed by atoms with E-state index in [1.165, 1.54) is 0 Å². The molecule has 0 unspecified atom stereocenters. The van der Waals surface area contributed by atoms with E-state index in [0.29, 0.717) is 35.8 Å².